The smallest absolute Gasteiger partial charge is 0.232 e. The average molecular weight is 528 g/mol. The summed E-state index contributed by atoms with van der Waals surface area (Å²) in [5.41, 5.74) is 4.24. The molecule has 202 valence electrons. The standard InChI is InChI=1S/C27H33N11O/c1-20-24(17-33-38(20)18-23-16-28-7-12-39-23)34-25-31-19-32-27(35-25)37-10-8-36(9-11-37)26-29-14-22(15-30-26)13-21-5-3-2-4-6-21/h2-6,14-15,17,19,23,28H,7-13,16,18H2,1H3,(H,31,32,34,35). The molecule has 39 heavy (non-hydrogen) atoms. The molecule has 1 atom stereocenters. The quantitative estimate of drug-likeness (QED) is 0.349. The van der Waals surface area contributed by atoms with Gasteiger partial charge in [0.15, 0.2) is 0 Å². The molecule has 0 spiro atoms. The molecule has 2 aliphatic heterocycles. The summed E-state index contributed by atoms with van der Waals surface area (Å²) in [6.07, 6.45) is 8.15. The average Bonchev–Trinajstić information content (AvgIpc) is 3.33. The lowest BCUT2D eigenvalue weighted by molar-refractivity contribution is 0.0158. The van der Waals surface area contributed by atoms with Crippen molar-refractivity contribution in [2.24, 2.45) is 0 Å². The number of nitrogens with zero attached hydrogens (tertiary/aromatic N) is 9. The zero-order valence-electron chi connectivity index (χ0n) is 22.1. The largest absolute Gasteiger partial charge is 0.374 e. The second kappa shape index (κ2) is 11.7. The van der Waals surface area contributed by atoms with Crippen molar-refractivity contribution in [3.63, 3.8) is 0 Å². The molecule has 12 heteroatoms. The van der Waals surface area contributed by atoms with Crippen LogP contribution in [0.5, 0.6) is 0 Å². The molecule has 2 fully saturated rings. The van der Waals surface area contributed by atoms with Gasteiger partial charge in [-0.15, -0.1) is 0 Å². The number of nitrogens with one attached hydrogen (secondary N) is 2. The van der Waals surface area contributed by atoms with Gasteiger partial charge in [0.25, 0.3) is 0 Å². The van der Waals surface area contributed by atoms with Crippen LogP contribution in [0.3, 0.4) is 0 Å². The van der Waals surface area contributed by atoms with Crippen LogP contribution in [0.1, 0.15) is 16.8 Å². The maximum absolute atomic E-state index is 5.82. The minimum Gasteiger partial charge on any atom is -0.374 e. The molecule has 1 unspecified atom stereocenters. The molecule has 4 aromatic rings. The zero-order chi connectivity index (χ0) is 26.4. The van der Waals surface area contributed by atoms with Crippen molar-refractivity contribution in [1.82, 2.24) is 40.0 Å². The molecule has 2 N–H and O–H groups in total. The van der Waals surface area contributed by atoms with Gasteiger partial charge >= 0.3 is 0 Å². The molecular formula is C27H33N11O. The summed E-state index contributed by atoms with van der Waals surface area (Å²) < 4.78 is 7.77. The second-order valence-electron chi connectivity index (χ2n) is 9.78. The molecule has 12 nitrogen and oxygen atoms in total. The van der Waals surface area contributed by atoms with E-state index in [4.69, 9.17) is 4.74 Å². The van der Waals surface area contributed by atoms with E-state index in [9.17, 15) is 0 Å². The van der Waals surface area contributed by atoms with E-state index in [-0.39, 0.29) is 6.10 Å². The van der Waals surface area contributed by atoms with Gasteiger partial charge in [-0.05, 0) is 18.1 Å². The zero-order valence-corrected chi connectivity index (χ0v) is 22.1. The first-order chi connectivity index (χ1) is 19.2. The van der Waals surface area contributed by atoms with Gasteiger partial charge in [-0.2, -0.15) is 10.1 Å². The van der Waals surface area contributed by atoms with Gasteiger partial charge in [0, 0.05) is 58.1 Å². The van der Waals surface area contributed by atoms with E-state index in [1.807, 2.05) is 30.1 Å². The highest BCUT2D eigenvalue weighted by Crippen LogP contribution is 2.21. The van der Waals surface area contributed by atoms with Gasteiger partial charge in [-0.25, -0.2) is 19.9 Å². The Labute approximate surface area is 227 Å². The first kappa shape index (κ1) is 25.1. The molecule has 2 aliphatic rings. The van der Waals surface area contributed by atoms with Crippen molar-refractivity contribution in [2.45, 2.75) is 26.0 Å². The van der Waals surface area contributed by atoms with Gasteiger partial charge in [0.1, 0.15) is 6.33 Å². The Kier molecular flexibility index (Phi) is 7.54. The van der Waals surface area contributed by atoms with Crippen LogP contribution in [0.25, 0.3) is 0 Å². The highest BCUT2D eigenvalue weighted by Gasteiger charge is 2.22. The van der Waals surface area contributed by atoms with E-state index in [1.54, 1.807) is 12.5 Å². The van der Waals surface area contributed by atoms with Crippen LogP contribution in [0.2, 0.25) is 0 Å². The summed E-state index contributed by atoms with van der Waals surface area (Å²) in [5, 5.41) is 11.2. The third-order valence-corrected chi connectivity index (χ3v) is 7.08. The molecule has 3 aromatic heterocycles. The Bertz CT molecular complexity index is 1350. The third-order valence-electron chi connectivity index (χ3n) is 7.08. The number of hydrogen-bond acceptors (Lipinski definition) is 11. The summed E-state index contributed by atoms with van der Waals surface area (Å²) in [4.78, 5) is 27.1. The van der Waals surface area contributed by atoms with Crippen LogP contribution in [-0.2, 0) is 17.7 Å². The van der Waals surface area contributed by atoms with Crippen LogP contribution in [0.4, 0.5) is 23.5 Å². The Morgan fingerprint density at radius 2 is 1.69 bits per heavy atom. The number of ether oxygens (including phenoxy) is 1. The second-order valence-corrected chi connectivity index (χ2v) is 9.78. The fourth-order valence-corrected chi connectivity index (χ4v) is 4.84. The molecule has 1 aromatic carbocycles. The molecule has 0 saturated carbocycles. The van der Waals surface area contributed by atoms with Crippen molar-refractivity contribution in [1.29, 1.82) is 0 Å². The molecule has 0 aliphatic carbocycles. The number of anilines is 4. The molecule has 0 radical (unpaired) electrons. The number of aromatic nitrogens is 7. The monoisotopic (exact) mass is 527 g/mol. The normalized spacial score (nSPS) is 17.8. The predicted octanol–water partition coefficient (Wildman–Crippen LogP) is 1.82. The Morgan fingerprint density at radius 1 is 0.923 bits per heavy atom. The summed E-state index contributed by atoms with van der Waals surface area (Å²) >= 11 is 0. The lowest BCUT2D eigenvalue weighted by Gasteiger charge is -2.34. The van der Waals surface area contributed by atoms with Gasteiger partial charge in [-0.1, -0.05) is 30.3 Å². The fourth-order valence-electron chi connectivity index (χ4n) is 4.84. The van der Waals surface area contributed by atoms with E-state index in [0.717, 1.165) is 75.2 Å². The van der Waals surface area contributed by atoms with Crippen LogP contribution < -0.4 is 20.4 Å². The van der Waals surface area contributed by atoms with Crippen molar-refractivity contribution < 1.29 is 4.74 Å². The van der Waals surface area contributed by atoms with E-state index < -0.39 is 0 Å². The van der Waals surface area contributed by atoms with Gasteiger partial charge in [0.2, 0.25) is 17.8 Å². The van der Waals surface area contributed by atoms with Crippen LogP contribution in [-0.4, -0.2) is 86.7 Å². The Morgan fingerprint density at radius 3 is 2.44 bits per heavy atom. The van der Waals surface area contributed by atoms with Crippen LogP contribution in [0.15, 0.2) is 55.2 Å². The third kappa shape index (κ3) is 6.13. The van der Waals surface area contributed by atoms with Crippen molar-refractivity contribution >= 4 is 23.5 Å². The van der Waals surface area contributed by atoms with Gasteiger partial charge in [-0.3, -0.25) is 4.68 Å². The number of morpholine rings is 1. The lowest BCUT2D eigenvalue weighted by atomic mass is 10.1. The maximum Gasteiger partial charge on any atom is 0.232 e. The minimum atomic E-state index is 0.116. The molecule has 5 heterocycles. The topological polar surface area (TPSA) is 122 Å². The molecular weight excluding hydrogens is 494 g/mol. The van der Waals surface area contributed by atoms with Crippen LogP contribution in [0, 0.1) is 6.92 Å². The number of piperazine rings is 1. The number of hydrogen-bond donors (Lipinski definition) is 2. The van der Waals surface area contributed by atoms with Gasteiger partial charge < -0.3 is 25.2 Å². The first-order valence-electron chi connectivity index (χ1n) is 13.4. The summed E-state index contributed by atoms with van der Waals surface area (Å²) in [7, 11) is 0. The summed E-state index contributed by atoms with van der Waals surface area (Å²) in [5.74, 6) is 1.90. The highest BCUT2D eigenvalue weighted by molar-refractivity contribution is 5.56. The van der Waals surface area contributed by atoms with E-state index in [2.05, 4.69) is 74.7 Å². The van der Waals surface area contributed by atoms with Crippen LogP contribution >= 0.6 is 0 Å². The van der Waals surface area contributed by atoms with Crippen molar-refractivity contribution in [3.8, 4) is 0 Å². The lowest BCUT2D eigenvalue weighted by Crippen LogP contribution is -2.47. The number of benzene rings is 1. The SMILES string of the molecule is Cc1c(Nc2ncnc(N3CCN(c4ncc(Cc5ccccc5)cn4)CC3)n2)cnn1CC1CNCCO1. The Hall–Kier alpha value is -4.16. The van der Waals surface area contributed by atoms with Crippen molar-refractivity contribution in [3.05, 3.63) is 72.1 Å². The first-order valence-corrected chi connectivity index (χ1v) is 13.4. The summed E-state index contributed by atoms with van der Waals surface area (Å²) in [6, 6.07) is 10.4. The predicted molar refractivity (Wildman–Crippen MR) is 148 cm³/mol. The summed E-state index contributed by atoms with van der Waals surface area (Å²) in [6.45, 7) is 8.30. The van der Waals surface area contributed by atoms with E-state index >= 15 is 0 Å². The Balaban J connectivity index is 1.04. The number of rotatable bonds is 8. The highest BCUT2D eigenvalue weighted by atomic mass is 16.5. The van der Waals surface area contributed by atoms with E-state index in [1.165, 1.54) is 5.56 Å². The molecule has 0 bridgehead atoms. The minimum absolute atomic E-state index is 0.116. The van der Waals surface area contributed by atoms with Crippen molar-refractivity contribution in [2.75, 3.05) is 61.0 Å². The van der Waals surface area contributed by atoms with E-state index in [0.29, 0.717) is 18.4 Å². The van der Waals surface area contributed by atoms with Gasteiger partial charge in [0.05, 0.1) is 36.8 Å². The maximum atomic E-state index is 5.82. The molecule has 2 saturated heterocycles. The molecule has 6 rings (SSSR count). The molecule has 0 amide bonds. The fraction of sp³-hybridized carbons (Fsp3) is 0.407.